The molecule has 3 N–H and O–H groups in total. The minimum Gasteiger partial charge on any atom is -0.477 e. The van der Waals surface area contributed by atoms with Crippen molar-refractivity contribution < 1.29 is 14.6 Å². The molecule has 1 aliphatic rings. The zero-order chi connectivity index (χ0) is 21.3. The first-order valence-electron chi connectivity index (χ1n) is 10.8. The highest BCUT2D eigenvalue weighted by atomic mass is 16.5. The molecule has 30 heavy (non-hydrogen) atoms. The number of anilines is 1. The summed E-state index contributed by atoms with van der Waals surface area (Å²) in [5.41, 5.74) is 0.171. The van der Waals surface area contributed by atoms with Crippen molar-refractivity contribution in [1.82, 2.24) is 19.9 Å². The van der Waals surface area contributed by atoms with Crippen LogP contribution in [-0.4, -0.2) is 70.3 Å². The number of nitrogens with one attached hydrogen (secondary N) is 2. The van der Waals surface area contributed by atoms with E-state index in [1.165, 1.54) is 6.20 Å². The molecule has 3 rings (SSSR count). The normalized spacial score (nSPS) is 14.8. The minimum absolute atomic E-state index is 0.283. The molecule has 2 aromatic rings. The predicted molar refractivity (Wildman–Crippen MR) is 115 cm³/mol. The summed E-state index contributed by atoms with van der Waals surface area (Å²) in [5, 5.41) is 12.8. The number of hydrogen-bond acceptors (Lipinski definition) is 7. The summed E-state index contributed by atoms with van der Waals surface area (Å²) in [4.78, 5) is 38.3. The number of ether oxygens (including phenoxy) is 1. The fourth-order valence-electron chi connectivity index (χ4n) is 3.66. The lowest BCUT2D eigenvalue weighted by Crippen LogP contribution is -2.37. The number of morpholine rings is 1. The van der Waals surface area contributed by atoms with E-state index in [1.54, 1.807) is 0 Å². The van der Waals surface area contributed by atoms with E-state index in [0.717, 1.165) is 71.5 Å². The van der Waals surface area contributed by atoms with Gasteiger partial charge < -0.3 is 20.1 Å². The average Bonchev–Trinajstić information content (AvgIpc) is 2.75. The summed E-state index contributed by atoms with van der Waals surface area (Å²) in [6.45, 7) is 7.33. The second-order valence-electron chi connectivity index (χ2n) is 7.60. The van der Waals surface area contributed by atoms with E-state index in [4.69, 9.17) is 4.74 Å². The topological polar surface area (TPSA) is 120 Å². The molecule has 2 aromatic heterocycles. The van der Waals surface area contributed by atoms with Crippen molar-refractivity contribution in [3.8, 4) is 0 Å². The third-order valence-electron chi connectivity index (χ3n) is 5.34. The van der Waals surface area contributed by atoms with Crippen LogP contribution in [0.5, 0.6) is 0 Å². The van der Waals surface area contributed by atoms with Crippen molar-refractivity contribution in [2.45, 2.75) is 45.4 Å². The number of pyridine rings is 1. The molecule has 9 heteroatoms. The molecule has 0 aliphatic carbocycles. The van der Waals surface area contributed by atoms with Gasteiger partial charge in [0.25, 0.3) is 0 Å². The number of H-pyrrole nitrogens is 1. The molecule has 0 bridgehead atoms. The molecule has 0 spiro atoms. The summed E-state index contributed by atoms with van der Waals surface area (Å²) in [5.74, 6) is -0.783. The molecular formula is C21H31N5O4. The zero-order valence-corrected chi connectivity index (χ0v) is 17.6. The van der Waals surface area contributed by atoms with Crippen molar-refractivity contribution in [1.29, 1.82) is 0 Å². The van der Waals surface area contributed by atoms with E-state index in [9.17, 15) is 14.7 Å². The van der Waals surface area contributed by atoms with Crippen LogP contribution in [0.4, 0.5) is 5.95 Å². The Labute approximate surface area is 175 Å². The number of hydrogen-bond donors (Lipinski definition) is 3. The third-order valence-corrected chi connectivity index (χ3v) is 5.34. The quantitative estimate of drug-likeness (QED) is 0.476. The SMILES string of the molecule is CCCCCCc1nc(NCCCN2CCOCC2)nc2[nH]cc(C(=O)O)c(=O)c12. The maximum Gasteiger partial charge on any atom is 0.341 e. The van der Waals surface area contributed by atoms with Gasteiger partial charge in [-0.2, -0.15) is 4.98 Å². The summed E-state index contributed by atoms with van der Waals surface area (Å²) >= 11 is 0. The Morgan fingerprint density at radius 1 is 1.23 bits per heavy atom. The Bertz CT molecular complexity index is 908. The number of carbonyl (C=O) groups is 1. The number of aromatic nitrogens is 3. The number of unbranched alkanes of at least 4 members (excludes halogenated alkanes) is 3. The first kappa shape index (κ1) is 22.2. The average molecular weight is 418 g/mol. The van der Waals surface area contributed by atoms with Crippen molar-refractivity contribution in [3.05, 3.63) is 27.7 Å². The van der Waals surface area contributed by atoms with Gasteiger partial charge in [0.15, 0.2) is 0 Å². The smallest absolute Gasteiger partial charge is 0.341 e. The van der Waals surface area contributed by atoms with Crippen LogP contribution in [0.3, 0.4) is 0 Å². The number of carboxylic acid groups (broad SMARTS) is 1. The fourth-order valence-corrected chi connectivity index (χ4v) is 3.66. The summed E-state index contributed by atoms with van der Waals surface area (Å²) in [6, 6.07) is 0. The van der Waals surface area contributed by atoms with Crippen LogP contribution < -0.4 is 10.7 Å². The highest BCUT2D eigenvalue weighted by Crippen LogP contribution is 2.17. The molecule has 0 atom stereocenters. The molecule has 1 aliphatic heterocycles. The highest BCUT2D eigenvalue weighted by Gasteiger charge is 2.17. The Kier molecular flexibility index (Phi) is 8.15. The van der Waals surface area contributed by atoms with E-state index in [2.05, 4.69) is 32.1 Å². The van der Waals surface area contributed by atoms with Crippen LogP contribution in [0.15, 0.2) is 11.0 Å². The molecule has 9 nitrogen and oxygen atoms in total. The lowest BCUT2D eigenvalue weighted by atomic mass is 10.1. The van der Waals surface area contributed by atoms with Gasteiger partial charge in [0, 0.05) is 25.8 Å². The van der Waals surface area contributed by atoms with Gasteiger partial charge in [-0.05, 0) is 25.8 Å². The Morgan fingerprint density at radius 2 is 2.03 bits per heavy atom. The number of aromatic carboxylic acids is 1. The minimum atomic E-state index is -1.25. The van der Waals surface area contributed by atoms with Gasteiger partial charge >= 0.3 is 5.97 Å². The molecular weight excluding hydrogens is 386 g/mol. The maximum atomic E-state index is 12.7. The monoisotopic (exact) mass is 417 g/mol. The molecule has 164 valence electrons. The van der Waals surface area contributed by atoms with Crippen molar-refractivity contribution in [3.63, 3.8) is 0 Å². The van der Waals surface area contributed by atoms with Gasteiger partial charge in [0.1, 0.15) is 11.2 Å². The van der Waals surface area contributed by atoms with E-state index in [1.807, 2.05) is 0 Å². The van der Waals surface area contributed by atoms with Crippen LogP contribution in [0, 0.1) is 0 Å². The fraction of sp³-hybridized carbons (Fsp3) is 0.619. The number of carboxylic acids is 1. The number of fused-ring (bicyclic) bond motifs is 1. The lowest BCUT2D eigenvalue weighted by Gasteiger charge is -2.26. The van der Waals surface area contributed by atoms with Crippen LogP contribution in [0.2, 0.25) is 0 Å². The van der Waals surface area contributed by atoms with Gasteiger partial charge in [-0.3, -0.25) is 9.69 Å². The standard InChI is InChI=1S/C21H31N5O4/c1-2-3-4-5-7-16-17-18(27)15(20(28)29)14-23-19(17)25-21(24-16)22-8-6-9-26-10-12-30-13-11-26/h14H,2-13H2,1H3,(H,28,29)(H2,22,23,24,25,27). The zero-order valence-electron chi connectivity index (χ0n) is 17.6. The molecule has 0 amide bonds. The molecule has 0 saturated carbocycles. The molecule has 0 aromatic carbocycles. The Hall–Kier alpha value is -2.52. The summed E-state index contributed by atoms with van der Waals surface area (Å²) in [7, 11) is 0. The van der Waals surface area contributed by atoms with Gasteiger partial charge in [0.2, 0.25) is 11.4 Å². The van der Waals surface area contributed by atoms with Gasteiger partial charge in [-0.1, -0.05) is 26.2 Å². The van der Waals surface area contributed by atoms with Crippen LogP contribution in [0.25, 0.3) is 11.0 Å². The van der Waals surface area contributed by atoms with E-state index in [-0.39, 0.29) is 10.9 Å². The van der Waals surface area contributed by atoms with Crippen LogP contribution in [-0.2, 0) is 11.2 Å². The number of aryl methyl sites for hydroxylation is 1. The van der Waals surface area contributed by atoms with Gasteiger partial charge in [0.05, 0.1) is 24.3 Å². The maximum absolute atomic E-state index is 12.7. The largest absolute Gasteiger partial charge is 0.477 e. The van der Waals surface area contributed by atoms with Crippen molar-refractivity contribution >= 4 is 23.0 Å². The van der Waals surface area contributed by atoms with E-state index < -0.39 is 11.4 Å². The van der Waals surface area contributed by atoms with E-state index in [0.29, 0.717) is 23.7 Å². The molecule has 3 heterocycles. The first-order valence-corrected chi connectivity index (χ1v) is 10.8. The predicted octanol–water partition coefficient (Wildman–Crippen LogP) is 2.27. The number of nitrogens with zero attached hydrogens (tertiary/aromatic N) is 3. The first-order chi connectivity index (χ1) is 14.6. The Balaban J connectivity index is 1.74. The lowest BCUT2D eigenvalue weighted by molar-refractivity contribution is 0.0378. The van der Waals surface area contributed by atoms with Crippen LogP contribution >= 0.6 is 0 Å². The summed E-state index contributed by atoms with van der Waals surface area (Å²) < 4.78 is 5.37. The van der Waals surface area contributed by atoms with Gasteiger partial charge in [-0.15, -0.1) is 0 Å². The van der Waals surface area contributed by atoms with Crippen molar-refractivity contribution in [2.24, 2.45) is 0 Å². The van der Waals surface area contributed by atoms with Gasteiger partial charge in [-0.25, -0.2) is 9.78 Å². The Morgan fingerprint density at radius 3 is 2.77 bits per heavy atom. The molecule has 0 unspecified atom stereocenters. The molecule has 0 radical (unpaired) electrons. The second-order valence-corrected chi connectivity index (χ2v) is 7.60. The number of rotatable bonds is 11. The highest BCUT2D eigenvalue weighted by molar-refractivity contribution is 5.92. The molecule has 1 fully saturated rings. The summed E-state index contributed by atoms with van der Waals surface area (Å²) in [6.07, 6.45) is 6.95. The van der Waals surface area contributed by atoms with E-state index >= 15 is 0 Å². The van der Waals surface area contributed by atoms with Crippen molar-refractivity contribution in [2.75, 3.05) is 44.7 Å². The number of aromatic amines is 1. The second kappa shape index (κ2) is 11.0. The molecule has 1 saturated heterocycles. The van der Waals surface area contributed by atoms with Crippen LogP contribution in [0.1, 0.15) is 55.1 Å². The third kappa shape index (κ3) is 5.76.